The Morgan fingerprint density at radius 3 is 2.22 bits per heavy atom. The fourth-order valence-corrected chi connectivity index (χ4v) is 2.15. The highest BCUT2D eigenvalue weighted by molar-refractivity contribution is 7.64. The largest absolute Gasteiger partial charge is 0.341 e. The second-order valence-electron chi connectivity index (χ2n) is 1.63. The Kier molecular flexibility index (Phi) is 4.68. The monoisotopic (exact) mass is 201 g/mol. The van der Waals surface area contributed by atoms with E-state index in [1.54, 1.807) is 0 Å². The number of hydrogen-bond acceptors (Lipinski definition) is 1. The predicted molar refractivity (Wildman–Crippen MR) is 43.0 cm³/mol. The Morgan fingerprint density at radius 2 is 1.89 bits per heavy atom. The van der Waals surface area contributed by atoms with Crippen LogP contribution >= 0.6 is 33.2 Å². The Labute approximate surface area is 69.6 Å². The molecule has 0 rings (SSSR count). The first kappa shape index (κ1) is 9.58. The first-order valence-corrected chi connectivity index (χ1v) is 7.74. The van der Waals surface area contributed by atoms with Crippen LogP contribution in [0, 0.1) is 11.3 Å². The maximum Gasteiger partial charge on any atom is 0.341 e. The summed E-state index contributed by atoms with van der Waals surface area (Å²) in [6, 6.07) is 0.146. The third kappa shape index (κ3) is 8.58. The van der Waals surface area contributed by atoms with Crippen molar-refractivity contribution in [1.29, 1.82) is 5.26 Å². The second-order valence-corrected chi connectivity index (χ2v) is 10.9. The van der Waals surface area contributed by atoms with E-state index in [2.05, 4.69) is 0 Å². The Hall–Kier alpha value is 0.577. The highest BCUT2D eigenvalue weighted by atomic mass is 35.8. The third-order valence-electron chi connectivity index (χ3n) is 0.749. The van der Waals surface area contributed by atoms with Gasteiger partial charge < -0.3 is 0 Å². The lowest BCUT2D eigenvalue weighted by Gasteiger charge is -2.03. The fourth-order valence-electron chi connectivity index (χ4n) is 0.368. The number of unbranched alkanes of at least 4 members (excludes halogenated alkanes) is 1. The maximum absolute atomic E-state index is 8.10. The number of hydrogen-bond donors (Lipinski definition) is 0. The van der Waals surface area contributed by atoms with E-state index in [1.165, 1.54) is 0 Å². The van der Waals surface area contributed by atoms with Crippen molar-refractivity contribution in [3.8, 4) is 6.07 Å². The smallest absolute Gasteiger partial charge is 0.198 e. The number of rotatable bonds is 3. The van der Waals surface area contributed by atoms with E-state index in [4.69, 9.17) is 38.5 Å². The molecule has 0 fully saturated rings. The molecule has 9 heavy (non-hydrogen) atoms. The lowest BCUT2D eigenvalue weighted by molar-refractivity contribution is 0.960. The van der Waals surface area contributed by atoms with Crippen LogP contribution in [0.4, 0.5) is 0 Å². The minimum absolute atomic E-state index is 0.487. The molecule has 0 atom stereocenters. The molecule has 0 bridgehead atoms. The van der Waals surface area contributed by atoms with Crippen molar-refractivity contribution in [2.45, 2.75) is 18.9 Å². The molecular weight excluding hydrogens is 196 g/mol. The molecule has 0 aromatic carbocycles. The molecule has 0 unspecified atom stereocenters. The third-order valence-corrected chi connectivity index (χ3v) is 3.37. The van der Waals surface area contributed by atoms with E-state index in [1.807, 2.05) is 6.07 Å². The molecule has 0 saturated carbocycles. The Bertz CT molecular complexity index is 114. The van der Waals surface area contributed by atoms with Crippen LogP contribution < -0.4 is 0 Å². The molecule has 1 nitrogen and oxygen atoms in total. The van der Waals surface area contributed by atoms with Crippen molar-refractivity contribution in [3.05, 3.63) is 0 Å². The van der Waals surface area contributed by atoms with E-state index in [-0.39, 0.29) is 0 Å². The summed E-state index contributed by atoms with van der Waals surface area (Å²) in [5, 5.41) is 8.10. The minimum Gasteiger partial charge on any atom is -0.198 e. The number of nitriles is 1. The van der Waals surface area contributed by atoms with E-state index >= 15 is 0 Å². The molecule has 0 N–H and O–H groups in total. The van der Waals surface area contributed by atoms with Gasteiger partial charge in [-0.05, 0) is 12.5 Å². The summed E-state index contributed by atoms with van der Waals surface area (Å²) in [4.78, 5) is 0. The molecule has 0 amide bonds. The average Bonchev–Trinajstić information content (AvgIpc) is 1.63. The Morgan fingerprint density at radius 1 is 1.33 bits per heavy atom. The van der Waals surface area contributed by atoms with Gasteiger partial charge in [0.2, 0.25) is 0 Å². The van der Waals surface area contributed by atoms with Gasteiger partial charge in [0.1, 0.15) is 0 Å². The van der Waals surface area contributed by atoms with Crippen molar-refractivity contribution in [2.24, 2.45) is 0 Å². The minimum atomic E-state index is -2.43. The SMILES string of the molecule is N#CCCC[Si](Cl)(Cl)Cl. The molecule has 0 saturated heterocycles. The molecule has 0 radical (unpaired) electrons. The van der Waals surface area contributed by atoms with Gasteiger partial charge in [0.15, 0.2) is 0 Å². The summed E-state index contributed by atoms with van der Waals surface area (Å²) >= 11 is 16.6. The van der Waals surface area contributed by atoms with E-state index < -0.39 is 6.00 Å². The van der Waals surface area contributed by atoms with Gasteiger partial charge in [0, 0.05) is 6.42 Å². The zero-order valence-corrected chi connectivity index (χ0v) is 7.97. The lowest BCUT2D eigenvalue weighted by atomic mass is 10.4. The summed E-state index contributed by atoms with van der Waals surface area (Å²) in [5.74, 6) is 0. The van der Waals surface area contributed by atoms with Crippen molar-refractivity contribution in [3.63, 3.8) is 0 Å². The first-order chi connectivity index (χ1) is 4.06. The van der Waals surface area contributed by atoms with Crippen LogP contribution in [0.2, 0.25) is 6.04 Å². The summed E-state index contributed by atoms with van der Waals surface area (Å²) in [6.07, 6.45) is 1.19. The highest BCUT2D eigenvalue weighted by Gasteiger charge is 2.23. The molecule has 0 aliphatic carbocycles. The van der Waals surface area contributed by atoms with Crippen LogP contribution in [0.25, 0.3) is 0 Å². The first-order valence-electron chi connectivity index (χ1n) is 2.50. The van der Waals surface area contributed by atoms with Gasteiger partial charge in [-0.3, -0.25) is 0 Å². The predicted octanol–water partition coefficient (Wildman–Crippen LogP) is 2.95. The second kappa shape index (κ2) is 4.40. The molecule has 52 valence electrons. The normalized spacial score (nSPS) is 10.9. The van der Waals surface area contributed by atoms with Crippen LogP contribution in [0.15, 0.2) is 0 Å². The molecule has 0 aliphatic rings. The summed E-state index contributed by atoms with van der Waals surface area (Å²) in [5.41, 5.74) is 0. The molecular formula is C4H6Cl3NSi. The van der Waals surface area contributed by atoms with Crippen molar-refractivity contribution < 1.29 is 0 Å². The van der Waals surface area contributed by atoms with Gasteiger partial charge in [-0.15, -0.1) is 33.2 Å². The lowest BCUT2D eigenvalue weighted by Crippen LogP contribution is -2.07. The van der Waals surface area contributed by atoms with Crippen molar-refractivity contribution in [1.82, 2.24) is 0 Å². The number of halogens is 3. The van der Waals surface area contributed by atoms with Gasteiger partial charge in [-0.25, -0.2) is 0 Å². The molecule has 0 heterocycles. The summed E-state index contributed by atoms with van der Waals surface area (Å²) in [7, 11) is 0. The standard InChI is InChI=1S/C4H6Cl3NSi/c5-9(6,7)4-2-1-3-8/h1-2,4H2. The van der Waals surface area contributed by atoms with Gasteiger partial charge in [-0.2, -0.15) is 5.26 Å². The van der Waals surface area contributed by atoms with Gasteiger partial charge in [-0.1, -0.05) is 0 Å². The highest BCUT2D eigenvalue weighted by Crippen LogP contribution is 2.26. The topological polar surface area (TPSA) is 23.8 Å². The molecule has 0 spiro atoms. The average molecular weight is 203 g/mol. The zero-order valence-electron chi connectivity index (χ0n) is 4.70. The van der Waals surface area contributed by atoms with Crippen LogP contribution in [0.3, 0.4) is 0 Å². The van der Waals surface area contributed by atoms with E-state index in [0.29, 0.717) is 18.9 Å². The van der Waals surface area contributed by atoms with Crippen LogP contribution in [-0.2, 0) is 0 Å². The summed E-state index contributed by atoms with van der Waals surface area (Å²) < 4.78 is 0. The van der Waals surface area contributed by atoms with Gasteiger partial charge in [0.05, 0.1) is 6.07 Å². The fraction of sp³-hybridized carbons (Fsp3) is 0.750. The molecule has 0 aromatic rings. The van der Waals surface area contributed by atoms with Crippen LogP contribution in [-0.4, -0.2) is 6.00 Å². The quantitative estimate of drug-likeness (QED) is 0.392. The van der Waals surface area contributed by atoms with E-state index in [0.717, 1.165) is 0 Å². The molecule has 0 aromatic heterocycles. The maximum atomic E-state index is 8.10. The van der Waals surface area contributed by atoms with Crippen molar-refractivity contribution >= 4 is 39.2 Å². The number of nitrogens with zero attached hydrogens (tertiary/aromatic N) is 1. The molecule has 5 heteroatoms. The van der Waals surface area contributed by atoms with E-state index in [9.17, 15) is 0 Å². The van der Waals surface area contributed by atoms with Crippen LogP contribution in [0.1, 0.15) is 12.8 Å². The van der Waals surface area contributed by atoms with Gasteiger partial charge >= 0.3 is 6.00 Å². The van der Waals surface area contributed by atoms with Gasteiger partial charge in [0.25, 0.3) is 0 Å². The van der Waals surface area contributed by atoms with Crippen molar-refractivity contribution in [2.75, 3.05) is 0 Å². The zero-order chi connectivity index (χ0) is 7.33. The molecule has 0 aliphatic heterocycles. The summed E-state index contributed by atoms with van der Waals surface area (Å²) in [6.45, 7) is 0. The Balaban J connectivity index is 3.20. The van der Waals surface area contributed by atoms with Crippen LogP contribution in [0.5, 0.6) is 0 Å².